The van der Waals surface area contributed by atoms with E-state index < -0.39 is 22.1 Å². The maximum Gasteiger partial charge on any atom is 0.586 e. The van der Waals surface area contributed by atoms with Gasteiger partial charge in [-0.05, 0) is 36.4 Å². The molecule has 3 rings (SSSR count). The van der Waals surface area contributed by atoms with Crippen LogP contribution in [0.2, 0.25) is 0 Å². The first-order valence-corrected chi connectivity index (χ1v) is 7.42. The lowest BCUT2D eigenvalue weighted by Gasteiger charge is -2.08. The Morgan fingerprint density at radius 1 is 0.955 bits per heavy atom. The van der Waals surface area contributed by atoms with Crippen LogP contribution in [0.4, 0.5) is 18.9 Å². The molecule has 0 saturated heterocycles. The lowest BCUT2D eigenvalue weighted by molar-refractivity contribution is -0.286. The smallest absolute Gasteiger partial charge is 0.395 e. The molecule has 0 amide bonds. The molecule has 1 aliphatic rings. The Kier molecular flexibility index (Phi) is 3.17. The first kappa shape index (κ1) is 14.5. The summed E-state index contributed by atoms with van der Waals surface area (Å²) in [4.78, 5) is -0.170. The third-order valence-electron chi connectivity index (χ3n) is 2.78. The Balaban J connectivity index is 1.86. The largest absolute Gasteiger partial charge is 0.586 e. The van der Waals surface area contributed by atoms with E-state index in [-0.39, 0.29) is 22.1 Å². The van der Waals surface area contributed by atoms with Crippen LogP contribution < -0.4 is 14.2 Å². The molecular weight excluding hydrogens is 323 g/mol. The standard InChI is InChI=1S/C13H8F3NO4S/c14-8-1-4-10(5-2-8)22(18,19)17-9-3-6-11-12(7-9)21-13(15,16)20-11/h1-7,17H. The van der Waals surface area contributed by atoms with E-state index in [4.69, 9.17) is 0 Å². The van der Waals surface area contributed by atoms with Gasteiger partial charge in [-0.15, -0.1) is 8.78 Å². The molecule has 1 N–H and O–H groups in total. The molecular formula is C13H8F3NO4S. The number of fused-ring (bicyclic) bond motifs is 1. The van der Waals surface area contributed by atoms with E-state index in [1.807, 2.05) is 0 Å². The quantitative estimate of drug-likeness (QED) is 0.939. The first-order valence-electron chi connectivity index (χ1n) is 5.93. The highest BCUT2D eigenvalue weighted by molar-refractivity contribution is 7.92. The van der Waals surface area contributed by atoms with E-state index in [2.05, 4.69) is 14.2 Å². The van der Waals surface area contributed by atoms with Crippen molar-refractivity contribution in [1.29, 1.82) is 0 Å². The number of anilines is 1. The van der Waals surface area contributed by atoms with E-state index in [9.17, 15) is 21.6 Å². The molecule has 0 unspecified atom stereocenters. The first-order chi connectivity index (χ1) is 10.3. The molecule has 0 spiro atoms. The van der Waals surface area contributed by atoms with E-state index in [0.717, 1.165) is 36.4 Å². The third-order valence-corrected chi connectivity index (χ3v) is 4.17. The lowest BCUT2D eigenvalue weighted by atomic mass is 10.3. The van der Waals surface area contributed by atoms with Gasteiger partial charge in [0.15, 0.2) is 11.5 Å². The predicted octanol–water partition coefficient (Wildman–Crippen LogP) is 2.95. The minimum atomic E-state index is -3.98. The highest BCUT2D eigenvalue weighted by Crippen LogP contribution is 2.42. The van der Waals surface area contributed by atoms with Crippen LogP contribution in [0, 0.1) is 5.82 Å². The van der Waals surface area contributed by atoms with Gasteiger partial charge in [0.05, 0.1) is 10.6 Å². The number of alkyl halides is 2. The normalized spacial score (nSPS) is 15.6. The van der Waals surface area contributed by atoms with Crippen molar-refractivity contribution in [2.24, 2.45) is 0 Å². The van der Waals surface area contributed by atoms with Gasteiger partial charge in [0.1, 0.15) is 5.82 Å². The molecule has 0 aromatic heterocycles. The Morgan fingerprint density at radius 3 is 2.27 bits per heavy atom. The number of hydrogen-bond acceptors (Lipinski definition) is 4. The minimum absolute atomic E-state index is 0.00405. The Bertz CT molecular complexity index is 822. The summed E-state index contributed by atoms with van der Waals surface area (Å²) in [5.74, 6) is -1.07. The van der Waals surface area contributed by atoms with Gasteiger partial charge in [0.25, 0.3) is 10.0 Å². The molecule has 0 aliphatic carbocycles. The van der Waals surface area contributed by atoms with Crippen molar-refractivity contribution in [2.45, 2.75) is 11.2 Å². The van der Waals surface area contributed by atoms with Gasteiger partial charge < -0.3 is 9.47 Å². The van der Waals surface area contributed by atoms with Crippen molar-refractivity contribution in [3.8, 4) is 11.5 Å². The molecule has 0 radical (unpaired) electrons. The zero-order valence-corrected chi connectivity index (χ0v) is 11.5. The molecule has 0 fully saturated rings. The second-order valence-corrected chi connectivity index (χ2v) is 6.07. The van der Waals surface area contributed by atoms with Crippen LogP contribution in [0.3, 0.4) is 0 Å². The molecule has 116 valence electrons. The van der Waals surface area contributed by atoms with Gasteiger partial charge in [-0.25, -0.2) is 12.8 Å². The summed E-state index contributed by atoms with van der Waals surface area (Å²) in [5, 5.41) is 0. The summed E-state index contributed by atoms with van der Waals surface area (Å²) < 4.78 is 73.4. The summed E-state index contributed by atoms with van der Waals surface area (Å²) in [6.45, 7) is 0. The lowest BCUT2D eigenvalue weighted by Crippen LogP contribution is -2.25. The van der Waals surface area contributed by atoms with Gasteiger partial charge in [-0.2, -0.15) is 0 Å². The number of benzene rings is 2. The SMILES string of the molecule is O=S(=O)(Nc1ccc2c(c1)OC(F)(F)O2)c1ccc(F)cc1. The highest BCUT2D eigenvalue weighted by Gasteiger charge is 2.43. The van der Waals surface area contributed by atoms with Crippen LogP contribution in [0.25, 0.3) is 0 Å². The maximum atomic E-state index is 12.9. The fourth-order valence-corrected chi connectivity index (χ4v) is 2.89. The van der Waals surface area contributed by atoms with Crippen LogP contribution in [0.5, 0.6) is 11.5 Å². The molecule has 0 atom stereocenters. The minimum Gasteiger partial charge on any atom is -0.395 e. The number of nitrogens with one attached hydrogen (secondary N) is 1. The van der Waals surface area contributed by atoms with Crippen molar-refractivity contribution < 1.29 is 31.1 Å². The second kappa shape index (κ2) is 4.80. The van der Waals surface area contributed by atoms with Crippen molar-refractivity contribution >= 4 is 15.7 Å². The maximum absolute atomic E-state index is 12.9. The third kappa shape index (κ3) is 2.80. The average molecular weight is 331 g/mol. The number of ether oxygens (including phenoxy) is 2. The second-order valence-electron chi connectivity index (χ2n) is 4.39. The van der Waals surface area contributed by atoms with Crippen molar-refractivity contribution in [1.82, 2.24) is 0 Å². The molecule has 1 heterocycles. The Morgan fingerprint density at radius 2 is 1.59 bits per heavy atom. The van der Waals surface area contributed by atoms with Crippen molar-refractivity contribution in [3.63, 3.8) is 0 Å². The van der Waals surface area contributed by atoms with E-state index >= 15 is 0 Å². The molecule has 5 nitrogen and oxygen atoms in total. The summed E-state index contributed by atoms with van der Waals surface area (Å²) in [5.41, 5.74) is 0.00405. The summed E-state index contributed by atoms with van der Waals surface area (Å²) in [6.07, 6.45) is -3.78. The molecule has 0 bridgehead atoms. The number of halogens is 3. The number of rotatable bonds is 3. The van der Waals surface area contributed by atoms with Crippen LogP contribution in [0.15, 0.2) is 47.4 Å². The van der Waals surface area contributed by atoms with Gasteiger partial charge >= 0.3 is 6.29 Å². The van der Waals surface area contributed by atoms with Gasteiger partial charge in [-0.1, -0.05) is 0 Å². The molecule has 1 aliphatic heterocycles. The summed E-state index contributed by atoms with van der Waals surface area (Å²) in [6, 6.07) is 7.61. The highest BCUT2D eigenvalue weighted by atomic mass is 32.2. The fraction of sp³-hybridized carbons (Fsp3) is 0.0769. The molecule has 0 saturated carbocycles. The topological polar surface area (TPSA) is 64.6 Å². The van der Waals surface area contributed by atoms with E-state index in [1.54, 1.807) is 0 Å². The average Bonchev–Trinajstić information content (AvgIpc) is 2.72. The van der Waals surface area contributed by atoms with Crippen LogP contribution in [0.1, 0.15) is 0 Å². The van der Waals surface area contributed by atoms with Crippen molar-refractivity contribution in [3.05, 3.63) is 48.3 Å². The Labute approximate surface area is 123 Å². The monoisotopic (exact) mass is 331 g/mol. The van der Waals surface area contributed by atoms with Crippen LogP contribution >= 0.6 is 0 Å². The van der Waals surface area contributed by atoms with Gasteiger partial charge in [-0.3, -0.25) is 4.72 Å². The van der Waals surface area contributed by atoms with Crippen LogP contribution in [-0.4, -0.2) is 14.7 Å². The molecule has 2 aromatic rings. The molecule has 2 aromatic carbocycles. The predicted molar refractivity (Wildman–Crippen MR) is 69.9 cm³/mol. The van der Waals surface area contributed by atoms with Gasteiger partial charge in [0.2, 0.25) is 0 Å². The number of hydrogen-bond donors (Lipinski definition) is 1. The Hall–Kier alpha value is -2.42. The molecule has 9 heteroatoms. The number of sulfonamides is 1. The summed E-state index contributed by atoms with van der Waals surface area (Å²) >= 11 is 0. The summed E-state index contributed by atoms with van der Waals surface area (Å²) in [7, 11) is -3.98. The molecule has 22 heavy (non-hydrogen) atoms. The fourth-order valence-electron chi connectivity index (χ4n) is 1.84. The zero-order chi connectivity index (χ0) is 16.0. The van der Waals surface area contributed by atoms with Gasteiger partial charge in [0, 0.05) is 6.07 Å². The van der Waals surface area contributed by atoms with E-state index in [1.165, 1.54) is 6.07 Å². The van der Waals surface area contributed by atoms with E-state index in [0.29, 0.717) is 0 Å². The van der Waals surface area contributed by atoms with Crippen LogP contribution in [-0.2, 0) is 10.0 Å². The van der Waals surface area contributed by atoms with Crippen molar-refractivity contribution in [2.75, 3.05) is 4.72 Å². The zero-order valence-electron chi connectivity index (χ0n) is 10.7.